The predicted molar refractivity (Wildman–Crippen MR) is 129 cm³/mol. The molecule has 0 saturated heterocycles. The van der Waals surface area contributed by atoms with Crippen LogP contribution in [0.15, 0.2) is 97.3 Å². The molecule has 6 aromatic rings. The molecule has 0 radical (unpaired) electrons. The molecular weight excluding hydrogens is 424 g/mol. The number of phenols is 1. The van der Waals surface area contributed by atoms with Gasteiger partial charge in [0.2, 0.25) is 5.88 Å². The van der Waals surface area contributed by atoms with Crippen molar-refractivity contribution in [3.05, 3.63) is 114 Å². The Hall–Kier alpha value is -4.71. The maximum absolute atomic E-state index is 10.4. The lowest BCUT2D eigenvalue weighted by Gasteiger charge is -2.28. The number of aromatic hydroxyl groups is 1. The first-order valence-corrected chi connectivity index (χ1v) is 11.1. The van der Waals surface area contributed by atoms with Crippen molar-refractivity contribution in [2.45, 2.75) is 5.92 Å². The second-order valence-corrected chi connectivity index (χ2v) is 8.33. The molecule has 162 valence electrons. The van der Waals surface area contributed by atoms with Crippen LogP contribution in [-0.4, -0.2) is 24.7 Å². The monoisotopic (exact) mass is 442 g/mol. The quantitative estimate of drug-likeness (QED) is 0.359. The first kappa shape index (κ1) is 18.8. The summed E-state index contributed by atoms with van der Waals surface area (Å²) < 4.78 is 8.11. The smallest absolute Gasteiger partial charge is 0.228 e. The molecule has 7 rings (SSSR count). The molecule has 6 nitrogen and oxygen atoms in total. The highest BCUT2D eigenvalue weighted by Crippen LogP contribution is 2.50. The van der Waals surface area contributed by atoms with Crippen LogP contribution in [-0.2, 0) is 0 Å². The number of nitrogens with zero attached hydrogens (tertiary/aromatic N) is 4. The number of benzene rings is 4. The van der Waals surface area contributed by atoms with E-state index in [9.17, 15) is 5.11 Å². The molecule has 1 aliphatic rings. The number of fused-ring (bicyclic) bond motifs is 6. The molecule has 34 heavy (non-hydrogen) atoms. The Morgan fingerprint density at radius 2 is 1.62 bits per heavy atom. The Morgan fingerprint density at radius 3 is 2.50 bits per heavy atom. The molecule has 1 aliphatic heterocycles. The lowest BCUT2D eigenvalue weighted by molar-refractivity contribution is 0.437. The molecule has 0 saturated carbocycles. The number of phenolic OH excluding ortho intramolecular Hbond substituents is 1. The van der Waals surface area contributed by atoms with Crippen molar-refractivity contribution in [2.75, 3.05) is 0 Å². The van der Waals surface area contributed by atoms with Gasteiger partial charge in [-0.05, 0) is 23.1 Å². The van der Waals surface area contributed by atoms with Gasteiger partial charge < -0.3 is 9.84 Å². The number of ether oxygens (including phenoxy) is 1. The highest BCUT2D eigenvalue weighted by atomic mass is 16.5. The van der Waals surface area contributed by atoms with Crippen molar-refractivity contribution >= 4 is 16.4 Å². The molecule has 0 amide bonds. The molecule has 0 aliphatic carbocycles. The fourth-order valence-corrected chi connectivity index (χ4v) is 4.82. The number of aromatic nitrogens is 4. The number of hydrogen-bond acceptors (Lipinski definition) is 5. The molecule has 4 aromatic carbocycles. The van der Waals surface area contributed by atoms with Gasteiger partial charge in [0.15, 0.2) is 11.5 Å². The molecule has 2 aromatic heterocycles. The molecule has 6 heteroatoms. The Morgan fingerprint density at radius 1 is 0.824 bits per heavy atom. The zero-order valence-electron chi connectivity index (χ0n) is 18.0. The van der Waals surface area contributed by atoms with E-state index < -0.39 is 0 Å². The van der Waals surface area contributed by atoms with Crippen LogP contribution in [0.3, 0.4) is 0 Å². The summed E-state index contributed by atoms with van der Waals surface area (Å²) in [6.45, 7) is 0. The summed E-state index contributed by atoms with van der Waals surface area (Å²) in [6, 6.07) is 29.8. The van der Waals surface area contributed by atoms with E-state index in [1.807, 2.05) is 36.4 Å². The van der Waals surface area contributed by atoms with Crippen LogP contribution in [0, 0.1) is 0 Å². The minimum atomic E-state index is -0.137. The number of rotatable bonds is 2. The van der Waals surface area contributed by atoms with Crippen molar-refractivity contribution < 1.29 is 9.84 Å². The third-order valence-corrected chi connectivity index (χ3v) is 6.37. The van der Waals surface area contributed by atoms with Crippen LogP contribution in [0.4, 0.5) is 0 Å². The van der Waals surface area contributed by atoms with Crippen LogP contribution in [0.1, 0.15) is 22.6 Å². The van der Waals surface area contributed by atoms with E-state index in [2.05, 4.69) is 46.5 Å². The van der Waals surface area contributed by atoms with Gasteiger partial charge in [0.1, 0.15) is 17.8 Å². The van der Waals surface area contributed by atoms with E-state index in [1.54, 1.807) is 29.0 Å². The van der Waals surface area contributed by atoms with Crippen molar-refractivity contribution in [3.63, 3.8) is 0 Å². The zero-order valence-corrected chi connectivity index (χ0v) is 18.0. The number of para-hydroxylation sites is 1. The van der Waals surface area contributed by atoms with E-state index in [-0.39, 0.29) is 11.7 Å². The van der Waals surface area contributed by atoms with Gasteiger partial charge in [-0.15, -0.1) is 5.10 Å². The van der Waals surface area contributed by atoms with Gasteiger partial charge in [-0.25, -0.2) is 14.5 Å². The first-order chi connectivity index (χ1) is 16.8. The van der Waals surface area contributed by atoms with Gasteiger partial charge in [0.25, 0.3) is 0 Å². The Kier molecular flexibility index (Phi) is 3.96. The van der Waals surface area contributed by atoms with Crippen molar-refractivity contribution in [1.82, 2.24) is 19.6 Å². The summed E-state index contributed by atoms with van der Waals surface area (Å²) >= 11 is 0. The minimum Gasteiger partial charge on any atom is -0.507 e. The Bertz CT molecular complexity index is 1710. The lowest BCUT2D eigenvalue weighted by atomic mass is 9.83. The first-order valence-electron chi connectivity index (χ1n) is 11.1. The highest BCUT2D eigenvalue weighted by Gasteiger charge is 2.34. The largest absolute Gasteiger partial charge is 0.507 e. The zero-order chi connectivity index (χ0) is 22.6. The Balaban J connectivity index is 1.53. The topological polar surface area (TPSA) is 72.5 Å². The maximum Gasteiger partial charge on any atom is 0.228 e. The molecule has 0 fully saturated rings. The fraction of sp³-hybridized carbons (Fsp3) is 0.0357. The summed E-state index contributed by atoms with van der Waals surface area (Å²) in [4.78, 5) is 9.47. The standard InChI is InChI=1S/C28H18N4O2/c33-22-13-7-6-12-20(22)26-30-27-24-23(18-9-2-1-3-10-18)21-15-14-17-8-4-5-11-19(17)25(21)34-28(24)29-16-32(27)31-26/h1-16,23,33H/t23-/m0/s1. The van der Waals surface area contributed by atoms with Crippen LogP contribution >= 0.6 is 0 Å². The van der Waals surface area contributed by atoms with Gasteiger partial charge in [-0.1, -0.05) is 78.9 Å². The summed E-state index contributed by atoms with van der Waals surface area (Å²) in [5, 5.41) is 17.1. The van der Waals surface area contributed by atoms with E-state index >= 15 is 0 Å². The minimum absolute atomic E-state index is 0.132. The van der Waals surface area contributed by atoms with Crippen LogP contribution < -0.4 is 4.74 Å². The second kappa shape index (κ2) is 7.15. The predicted octanol–water partition coefficient (Wildman–Crippen LogP) is 5.94. The van der Waals surface area contributed by atoms with Crippen LogP contribution in [0.25, 0.3) is 27.8 Å². The Labute approximate surface area is 194 Å². The van der Waals surface area contributed by atoms with Gasteiger partial charge >= 0.3 is 0 Å². The van der Waals surface area contributed by atoms with E-state index in [0.717, 1.165) is 33.2 Å². The average Bonchev–Trinajstić information content (AvgIpc) is 3.32. The molecule has 3 heterocycles. The number of hydrogen-bond donors (Lipinski definition) is 1. The van der Waals surface area contributed by atoms with E-state index in [4.69, 9.17) is 9.72 Å². The maximum atomic E-state index is 10.4. The summed E-state index contributed by atoms with van der Waals surface area (Å²) in [7, 11) is 0. The molecular formula is C28H18N4O2. The lowest BCUT2D eigenvalue weighted by Crippen LogP contribution is -2.15. The summed E-state index contributed by atoms with van der Waals surface area (Å²) in [5.74, 6) is 1.76. The van der Waals surface area contributed by atoms with Gasteiger partial charge in [-0.2, -0.15) is 0 Å². The van der Waals surface area contributed by atoms with Crippen molar-refractivity contribution in [1.29, 1.82) is 0 Å². The van der Waals surface area contributed by atoms with Crippen LogP contribution in [0.2, 0.25) is 0 Å². The summed E-state index contributed by atoms with van der Waals surface area (Å²) in [5.41, 5.74) is 4.24. The van der Waals surface area contributed by atoms with Gasteiger partial charge in [0, 0.05) is 16.9 Å². The van der Waals surface area contributed by atoms with Crippen molar-refractivity contribution in [2.24, 2.45) is 0 Å². The third kappa shape index (κ3) is 2.72. The molecule has 0 bridgehead atoms. The van der Waals surface area contributed by atoms with Crippen LogP contribution in [0.5, 0.6) is 17.4 Å². The van der Waals surface area contributed by atoms with E-state index in [1.165, 1.54) is 0 Å². The van der Waals surface area contributed by atoms with E-state index in [0.29, 0.717) is 22.9 Å². The molecule has 0 spiro atoms. The highest BCUT2D eigenvalue weighted by molar-refractivity contribution is 5.91. The summed E-state index contributed by atoms with van der Waals surface area (Å²) in [6.07, 6.45) is 1.61. The normalized spacial score (nSPS) is 14.5. The molecule has 1 N–H and O–H groups in total. The van der Waals surface area contributed by atoms with Crippen molar-refractivity contribution in [3.8, 4) is 28.8 Å². The SMILES string of the molecule is Oc1ccccc1-c1nc2c3c(ncn2n1)Oc1c(ccc2ccccc12)[C@@H]3c1ccccc1. The van der Waals surface area contributed by atoms with Gasteiger partial charge in [-0.3, -0.25) is 0 Å². The third-order valence-electron chi connectivity index (χ3n) is 6.37. The fourth-order valence-electron chi connectivity index (χ4n) is 4.82. The van der Waals surface area contributed by atoms with Gasteiger partial charge in [0.05, 0.1) is 11.1 Å². The molecule has 0 unspecified atom stereocenters. The average molecular weight is 442 g/mol. The second-order valence-electron chi connectivity index (χ2n) is 8.33. The molecule has 1 atom stereocenters.